The molecule has 1 rings (SSSR count). The molecule has 98 valence electrons. The number of alkyl halides is 3. The number of nitrogens with zero attached hydrogens (tertiary/aromatic N) is 1. The molecule has 0 bridgehead atoms. The summed E-state index contributed by atoms with van der Waals surface area (Å²) in [4.78, 5) is 24.8. The zero-order chi connectivity index (χ0) is 14.1. The Morgan fingerprint density at radius 3 is 2.44 bits per heavy atom. The highest BCUT2D eigenvalue weighted by Crippen LogP contribution is 2.27. The fourth-order valence-corrected chi connectivity index (χ4v) is 1.36. The molecule has 0 aliphatic rings. The molecule has 1 heterocycles. The van der Waals surface area contributed by atoms with Gasteiger partial charge in [-0.25, -0.2) is 9.78 Å². The predicted molar refractivity (Wildman–Crippen MR) is 58.6 cm³/mol. The average Bonchev–Trinajstić information content (AvgIpc) is 2.21. The summed E-state index contributed by atoms with van der Waals surface area (Å²) in [6, 6.07) is 0.934. The minimum Gasteiger partial charge on any atom is -0.478 e. The van der Waals surface area contributed by atoms with Crippen LogP contribution in [-0.4, -0.2) is 28.1 Å². The van der Waals surface area contributed by atoms with Crippen LogP contribution in [0.5, 0.6) is 0 Å². The number of rotatable bonds is 2. The number of amides is 1. The Labute approximate surface area is 111 Å². The summed E-state index contributed by atoms with van der Waals surface area (Å²) in [7, 11) is 0. The van der Waals surface area contributed by atoms with Crippen LogP contribution in [0.25, 0.3) is 0 Å². The van der Waals surface area contributed by atoms with Crippen molar-refractivity contribution in [3.05, 3.63) is 21.3 Å². The van der Waals surface area contributed by atoms with Gasteiger partial charge in [-0.2, -0.15) is 13.2 Å². The van der Waals surface area contributed by atoms with Crippen LogP contribution in [-0.2, 0) is 4.79 Å². The molecular weight excluding hydrogens is 344 g/mol. The topological polar surface area (TPSA) is 79.3 Å². The van der Waals surface area contributed by atoms with Crippen molar-refractivity contribution < 1.29 is 27.9 Å². The lowest BCUT2D eigenvalue weighted by atomic mass is 10.2. The van der Waals surface area contributed by atoms with E-state index < -0.39 is 29.4 Å². The Morgan fingerprint density at radius 1 is 1.44 bits per heavy atom. The van der Waals surface area contributed by atoms with E-state index in [1.807, 2.05) is 0 Å². The number of anilines is 1. The molecule has 0 saturated carbocycles. The van der Waals surface area contributed by atoms with Gasteiger partial charge in [0, 0.05) is 0 Å². The number of carboxylic acids is 1. The molecule has 18 heavy (non-hydrogen) atoms. The van der Waals surface area contributed by atoms with Crippen molar-refractivity contribution in [1.82, 2.24) is 4.98 Å². The number of halogens is 5. The lowest BCUT2D eigenvalue weighted by Crippen LogP contribution is -2.31. The maximum absolute atomic E-state index is 12.0. The van der Waals surface area contributed by atoms with E-state index >= 15 is 0 Å². The van der Waals surface area contributed by atoms with Crippen LogP contribution in [0.15, 0.2) is 10.5 Å². The zero-order valence-corrected chi connectivity index (χ0v) is 10.5. The van der Waals surface area contributed by atoms with Gasteiger partial charge in [-0.3, -0.25) is 4.79 Å². The Bertz CT molecular complexity index is 521. The van der Waals surface area contributed by atoms with E-state index in [0.717, 1.165) is 6.07 Å². The van der Waals surface area contributed by atoms with Gasteiger partial charge < -0.3 is 10.4 Å². The molecule has 10 heteroatoms. The van der Waals surface area contributed by atoms with E-state index in [-0.39, 0.29) is 9.63 Å². The molecule has 0 radical (unpaired) electrons. The first-order valence-electron chi connectivity index (χ1n) is 4.10. The second-order valence-electron chi connectivity index (χ2n) is 2.91. The van der Waals surface area contributed by atoms with E-state index in [2.05, 4.69) is 20.9 Å². The lowest BCUT2D eigenvalue weighted by molar-refractivity contribution is -0.167. The summed E-state index contributed by atoms with van der Waals surface area (Å²) < 4.78 is 36.1. The molecule has 1 aromatic heterocycles. The van der Waals surface area contributed by atoms with Crippen LogP contribution in [0.3, 0.4) is 0 Å². The molecule has 0 atom stereocenters. The number of pyridine rings is 1. The number of carbonyl (C=O) groups excluding carboxylic acids is 1. The van der Waals surface area contributed by atoms with E-state index in [1.165, 1.54) is 5.32 Å². The summed E-state index contributed by atoms with van der Waals surface area (Å²) in [5, 5.41) is 9.82. The van der Waals surface area contributed by atoms with E-state index in [9.17, 15) is 22.8 Å². The normalized spacial score (nSPS) is 11.2. The number of aromatic nitrogens is 1. The van der Waals surface area contributed by atoms with Crippen molar-refractivity contribution in [3.63, 3.8) is 0 Å². The molecule has 0 fully saturated rings. The van der Waals surface area contributed by atoms with Crippen LogP contribution < -0.4 is 5.32 Å². The zero-order valence-electron chi connectivity index (χ0n) is 8.18. The van der Waals surface area contributed by atoms with Gasteiger partial charge in [-0.15, -0.1) is 0 Å². The minimum atomic E-state index is -5.16. The fraction of sp³-hybridized carbons (Fsp3) is 0.125. The Morgan fingerprint density at radius 2 is 2.00 bits per heavy atom. The van der Waals surface area contributed by atoms with Crippen LogP contribution in [0, 0.1) is 0 Å². The molecule has 1 aromatic rings. The maximum Gasteiger partial charge on any atom is 0.471 e. The Kier molecular flexibility index (Phi) is 4.17. The highest BCUT2D eigenvalue weighted by Gasteiger charge is 2.39. The van der Waals surface area contributed by atoms with Gasteiger partial charge in [0.05, 0.1) is 4.47 Å². The summed E-state index contributed by atoms with van der Waals surface area (Å²) in [5.41, 5.74) is -0.621. The molecular formula is C8H3BrClF3N2O3. The molecule has 0 spiro atoms. The predicted octanol–water partition coefficient (Wildman–Crippen LogP) is 2.70. The van der Waals surface area contributed by atoms with Gasteiger partial charge in [-0.1, -0.05) is 11.6 Å². The quantitative estimate of drug-likeness (QED) is 0.806. The number of aromatic carboxylic acids is 1. The van der Waals surface area contributed by atoms with Gasteiger partial charge in [0.25, 0.3) is 0 Å². The third-order valence-corrected chi connectivity index (χ3v) is 2.77. The van der Waals surface area contributed by atoms with Gasteiger partial charge in [0.15, 0.2) is 0 Å². The third kappa shape index (κ3) is 3.33. The Balaban J connectivity index is 3.20. The molecule has 0 aromatic carbocycles. The third-order valence-electron chi connectivity index (χ3n) is 1.65. The first-order chi connectivity index (χ1) is 8.12. The molecule has 5 nitrogen and oxygen atoms in total. The van der Waals surface area contributed by atoms with Crippen LogP contribution in [0.1, 0.15) is 10.4 Å². The minimum absolute atomic E-state index is 0.0755. The van der Waals surface area contributed by atoms with Crippen molar-refractivity contribution in [2.24, 2.45) is 0 Å². The maximum atomic E-state index is 12.0. The molecule has 1 amide bonds. The standard InChI is InChI=1S/C8H3BrClF3N2O3/c9-3-1-2(6(16)17)5(14-4(3)10)15-7(18)8(11,12)13/h1H,(H,16,17)(H,14,15,18). The van der Waals surface area contributed by atoms with E-state index in [0.29, 0.717) is 0 Å². The van der Waals surface area contributed by atoms with Crippen LogP contribution in [0.2, 0.25) is 5.15 Å². The fourth-order valence-electron chi connectivity index (χ4n) is 0.903. The smallest absolute Gasteiger partial charge is 0.471 e. The molecule has 2 N–H and O–H groups in total. The van der Waals surface area contributed by atoms with Crippen molar-refractivity contribution in [3.8, 4) is 0 Å². The van der Waals surface area contributed by atoms with Gasteiger partial charge in [0.1, 0.15) is 16.5 Å². The summed E-state index contributed by atoms with van der Waals surface area (Å²) in [6.07, 6.45) is -5.16. The average molecular weight is 347 g/mol. The monoisotopic (exact) mass is 346 g/mol. The van der Waals surface area contributed by atoms with Crippen molar-refractivity contribution in [2.75, 3.05) is 5.32 Å². The SMILES string of the molecule is O=C(O)c1cc(Br)c(Cl)nc1NC(=O)C(F)(F)F. The van der Waals surface area contributed by atoms with Crippen molar-refractivity contribution in [1.29, 1.82) is 0 Å². The molecule has 0 aliphatic heterocycles. The first-order valence-corrected chi connectivity index (χ1v) is 5.27. The highest BCUT2D eigenvalue weighted by molar-refractivity contribution is 9.10. The van der Waals surface area contributed by atoms with E-state index in [4.69, 9.17) is 16.7 Å². The van der Waals surface area contributed by atoms with Crippen LogP contribution in [0.4, 0.5) is 19.0 Å². The second-order valence-corrected chi connectivity index (χ2v) is 4.13. The summed E-state index contributed by atoms with van der Waals surface area (Å²) >= 11 is 8.37. The Hall–Kier alpha value is -1.35. The highest BCUT2D eigenvalue weighted by atomic mass is 79.9. The number of carboxylic acid groups (broad SMARTS) is 1. The largest absolute Gasteiger partial charge is 0.478 e. The van der Waals surface area contributed by atoms with Crippen molar-refractivity contribution >= 4 is 45.2 Å². The van der Waals surface area contributed by atoms with E-state index in [1.54, 1.807) is 0 Å². The number of hydrogen-bond acceptors (Lipinski definition) is 3. The lowest BCUT2D eigenvalue weighted by Gasteiger charge is -2.10. The van der Waals surface area contributed by atoms with Gasteiger partial charge >= 0.3 is 18.1 Å². The van der Waals surface area contributed by atoms with Crippen molar-refractivity contribution in [2.45, 2.75) is 6.18 Å². The molecule has 0 aliphatic carbocycles. The molecule has 0 saturated heterocycles. The first kappa shape index (κ1) is 14.7. The molecule has 0 unspecified atom stereocenters. The summed E-state index contributed by atoms with van der Waals surface area (Å²) in [6.45, 7) is 0. The van der Waals surface area contributed by atoms with Crippen LogP contribution >= 0.6 is 27.5 Å². The summed E-state index contributed by atoms with van der Waals surface area (Å²) in [5.74, 6) is -4.67. The van der Waals surface area contributed by atoms with Gasteiger partial charge in [-0.05, 0) is 22.0 Å². The second kappa shape index (κ2) is 5.11. The number of nitrogens with one attached hydrogen (secondary N) is 1. The number of carbonyl (C=O) groups is 2. The van der Waals surface area contributed by atoms with Gasteiger partial charge in [0.2, 0.25) is 0 Å². The number of hydrogen-bond donors (Lipinski definition) is 2.